The van der Waals surface area contributed by atoms with E-state index in [0.29, 0.717) is 29.8 Å². The first-order chi connectivity index (χ1) is 26.7. The van der Waals surface area contributed by atoms with Crippen molar-refractivity contribution in [2.45, 2.75) is 39.5 Å². The molecule has 2 aromatic heterocycles. The van der Waals surface area contributed by atoms with E-state index in [1.165, 1.54) is 23.3 Å². The highest BCUT2D eigenvalue weighted by atomic mass is 19.1. The average molecular weight is 727 g/mol. The van der Waals surface area contributed by atoms with E-state index in [4.69, 9.17) is 9.72 Å². The zero-order valence-electron chi connectivity index (χ0n) is 31.2. The second kappa shape index (κ2) is 13.7. The highest BCUT2D eigenvalue weighted by Gasteiger charge is 2.30. The predicted molar refractivity (Wildman–Crippen MR) is 221 cm³/mol. The molecule has 55 heavy (non-hydrogen) atoms. The minimum Gasteiger partial charge on any atom is -0.457 e. The van der Waals surface area contributed by atoms with Crippen LogP contribution in [0.25, 0.3) is 38.8 Å². The van der Waals surface area contributed by atoms with Gasteiger partial charge in [-0.15, -0.1) is 0 Å². The molecular formula is C48H40F2N4O. The van der Waals surface area contributed by atoms with Gasteiger partial charge in [0.1, 0.15) is 35.6 Å². The van der Waals surface area contributed by atoms with Crippen LogP contribution in [0.5, 0.6) is 11.5 Å². The molecule has 0 bridgehead atoms. The Bertz CT molecular complexity index is 2720. The summed E-state index contributed by atoms with van der Waals surface area (Å²) in [7, 11) is 0. The van der Waals surface area contributed by atoms with Crippen molar-refractivity contribution < 1.29 is 13.5 Å². The molecule has 0 N–H and O–H groups in total. The number of halogens is 2. The molecule has 0 aliphatic carbocycles. The lowest BCUT2D eigenvalue weighted by molar-refractivity contribution is 0.483. The van der Waals surface area contributed by atoms with Crippen LogP contribution in [0.4, 0.5) is 31.5 Å². The first-order valence-electron chi connectivity index (χ1n) is 18.7. The molecule has 9 rings (SSSR count). The molecule has 0 saturated carbocycles. The Balaban J connectivity index is 1.20. The molecule has 8 aromatic rings. The van der Waals surface area contributed by atoms with Crippen LogP contribution in [0.3, 0.4) is 0 Å². The van der Waals surface area contributed by atoms with E-state index in [9.17, 15) is 4.39 Å². The van der Waals surface area contributed by atoms with Gasteiger partial charge in [-0.3, -0.25) is 4.57 Å². The first kappa shape index (κ1) is 34.3. The first-order valence-corrected chi connectivity index (χ1v) is 18.7. The smallest absolute Gasteiger partial charge is 0.149 e. The topological polar surface area (TPSA) is 33.5 Å². The summed E-state index contributed by atoms with van der Waals surface area (Å²) < 4.78 is 38.4. The lowest BCUT2D eigenvalue weighted by atomic mass is 9.88. The summed E-state index contributed by atoms with van der Waals surface area (Å²) in [5, 5.41) is 2.25. The number of rotatable bonds is 8. The van der Waals surface area contributed by atoms with Crippen molar-refractivity contribution in [1.29, 1.82) is 0 Å². The maximum Gasteiger partial charge on any atom is 0.149 e. The van der Waals surface area contributed by atoms with Gasteiger partial charge in [-0.2, -0.15) is 0 Å². The van der Waals surface area contributed by atoms with Crippen molar-refractivity contribution in [3.8, 4) is 28.4 Å². The molecule has 0 fully saturated rings. The van der Waals surface area contributed by atoms with Crippen molar-refractivity contribution in [2.75, 3.05) is 16.5 Å². The largest absolute Gasteiger partial charge is 0.457 e. The molecular weight excluding hydrogens is 687 g/mol. The van der Waals surface area contributed by atoms with Gasteiger partial charge < -0.3 is 14.5 Å². The van der Waals surface area contributed by atoms with Crippen LogP contribution in [0.2, 0.25) is 0 Å². The van der Waals surface area contributed by atoms with Crippen LogP contribution in [-0.2, 0) is 0 Å². The van der Waals surface area contributed by atoms with E-state index in [-0.39, 0.29) is 5.92 Å². The van der Waals surface area contributed by atoms with Crippen LogP contribution in [-0.4, -0.2) is 16.2 Å². The Morgan fingerprint density at radius 3 is 2.13 bits per heavy atom. The molecule has 3 heterocycles. The summed E-state index contributed by atoms with van der Waals surface area (Å²) in [6, 6.07) is 45.3. The maximum absolute atomic E-state index is 15.3. The van der Waals surface area contributed by atoms with Crippen molar-refractivity contribution in [2.24, 2.45) is 0 Å². The van der Waals surface area contributed by atoms with E-state index in [1.807, 2.05) is 71.8 Å². The minimum atomic E-state index is -0.611. The van der Waals surface area contributed by atoms with Crippen LogP contribution >= 0.6 is 0 Å². The highest BCUT2D eigenvalue weighted by Crippen LogP contribution is 2.47. The summed E-state index contributed by atoms with van der Waals surface area (Å²) in [5.74, 6) is 1.64. The Kier molecular flexibility index (Phi) is 8.57. The fraction of sp³-hybridized carbons (Fsp3) is 0.146. The second-order valence-corrected chi connectivity index (χ2v) is 14.8. The lowest BCUT2D eigenvalue weighted by Gasteiger charge is -2.24. The van der Waals surface area contributed by atoms with Gasteiger partial charge in [0.2, 0.25) is 0 Å². The fourth-order valence-corrected chi connectivity index (χ4v) is 7.86. The van der Waals surface area contributed by atoms with Gasteiger partial charge in [-0.1, -0.05) is 82.3 Å². The molecule has 7 heteroatoms. The molecule has 0 spiro atoms. The number of nitrogens with zero attached hydrogens (tertiary/aromatic N) is 4. The van der Waals surface area contributed by atoms with Gasteiger partial charge in [0, 0.05) is 40.9 Å². The van der Waals surface area contributed by atoms with E-state index in [0.717, 1.165) is 61.9 Å². The van der Waals surface area contributed by atoms with Gasteiger partial charge in [0.05, 0.1) is 28.1 Å². The van der Waals surface area contributed by atoms with E-state index < -0.39 is 11.6 Å². The van der Waals surface area contributed by atoms with Crippen LogP contribution in [0, 0.1) is 11.6 Å². The third-order valence-corrected chi connectivity index (χ3v) is 10.6. The lowest BCUT2D eigenvalue weighted by Crippen LogP contribution is -2.24. The predicted octanol–water partition coefficient (Wildman–Crippen LogP) is 13.4. The number of anilines is 4. The summed E-state index contributed by atoms with van der Waals surface area (Å²) in [6.07, 6.45) is 1.81. The number of benzene rings is 6. The number of ether oxygens (including phenoxy) is 1. The quantitative estimate of drug-likeness (QED) is 0.156. The van der Waals surface area contributed by atoms with Crippen molar-refractivity contribution >= 4 is 44.6 Å². The van der Waals surface area contributed by atoms with Crippen LogP contribution < -0.4 is 14.5 Å². The molecule has 0 amide bonds. The molecule has 0 unspecified atom stereocenters. The van der Waals surface area contributed by atoms with Gasteiger partial charge in [-0.05, 0) is 101 Å². The fourth-order valence-electron chi connectivity index (χ4n) is 7.86. The minimum absolute atomic E-state index is 0.280. The number of para-hydroxylation sites is 3. The summed E-state index contributed by atoms with van der Waals surface area (Å²) in [5.41, 5.74) is 9.69. The van der Waals surface area contributed by atoms with Crippen molar-refractivity contribution in [1.82, 2.24) is 9.55 Å². The van der Waals surface area contributed by atoms with Crippen LogP contribution in [0.1, 0.15) is 50.7 Å². The molecule has 0 radical (unpaired) electrons. The maximum atomic E-state index is 15.3. The molecule has 1 aliphatic heterocycles. The van der Waals surface area contributed by atoms with E-state index >= 15 is 4.39 Å². The van der Waals surface area contributed by atoms with Gasteiger partial charge in [0.25, 0.3) is 0 Å². The molecule has 272 valence electrons. The van der Waals surface area contributed by atoms with Gasteiger partial charge in [-0.25, -0.2) is 13.8 Å². The number of hydrogen-bond acceptors (Lipinski definition) is 4. The Hall–Kier alpha value is -6.47. The highest BCUT2D eigenvalue weighted by molar-refractivity contribution is 6.09. The molecule has 0 atom stereocenters. The van der Waals surface area contributed by atoms with Crippen molar-refractivity contribution in [3.63, 3.8) is 0 Å². The molecule has 6 aromatic carbocycles. The molecule has 0 saturated heterocycles. The number of fused-ring (bicyclic) bond motifs is 4. The Labute approximate surface area is 319 Å². The third-order valence-electron chi connectivity index (χ3n) is 10.6. The van der Waals surface area contributed by atoms with Crippen molar-refractivity contribution in [3.05, 3.63) is 168 Å². The van der Waals surface area contributed by atoms with Gasteiger partial charge >= 0.3 is 0 Å². The van der Waals surface area contributed by atoms with E-state index in [1.54, 1.807) is 0 Å². The zero-order chi connectivity index (χ0) is 37.8. The molecule has 5 nitrogen and oxygen atoms in total. The number of pyridine rings is 1. The van der Waals surface area contributed by atoms with Crippen LogP contribution in [0.15, 0.2) is 146 Å². The second-order valence-electron chi connectivity index (χ2n) is 14.8. The zero-order valence-corrected chi connectivity index (χ0v) is 31.2. The molecule has 1 aliphatic rings. The SMILES string of the molecule is CC(C)c1ccc(-c2cc(Oc3ccc4c5ccccc5n(-c5ccccn5)c4c3)cc(N3CN(c4ccc(F)cc4F)c4ccccc43)c2)c(C(C)C)c1. The van der Waals surface area contributed by atoms with E-state index in [2.05, 4.69) is 97.8 Å². The number of hydrogen-bond donors (Lipinski definition) is 0. The monoisotopic (exact) mass is 726 g/mol. The number of aromatic nitrogens is 2. The summed E-state index contributed by atoms with van der Waals surface area (Å²) >= 11 is 0. The van der Waals surface area contributed by atoms with Gasteiger partial charge in [0.15, 0.2) is 0 Å². The Morgan fingerprint density at radius 2 is 1.36 bits per heavy atom. The average Bonchev–Trinajstić information content (AvgIpc) is 3.74. The summed E-state index contributed by atoms with van der Waals surface area (Å²) in [6.45, 7) is 9.22. The Morgan fingerprint density at radius 1 is 0.600 bits per heavy atom. The standard InChI is InChI=1S/C48H40F2N4O/c1-30(2)32-16-19-38(41(25-32)31(3)4)33-23-35(52-29-53(46-14-8-7-13-45(46)52)44-21-17-34(49)26-42(44)50)27-37(24-33)55-36-18-20-40-39-11-5-6-12-43(39)54(47(40)28-36)48-15-9-10-22-51-48/h5-28,30-31H,29H2,1-4H3. The normalized spacial score (nSPS) is 12.7. The summed E-state index contributed by atoms with van der Waals surface area (Å²) in [4.78, 5) is 8.75. The third kappa shape index (κ3) is 6.15.